The van der Waals surface area contributed by atoms with Gasteiger partial charge in [0.15, 0.2) is 0 Å². The predicted octanol–water partition coefficient (Wildman–Crippen LogP) is 0.539. The zero-order valence-corrected chi connectivity index (χ0v) is 11.1. The van der Waals surface area contributed by atoms with Crippen LogP contribution < -0.4 is 5.32 Å². The predicted molar refractivity (Wildman–Crippen MR) is 68.9 cm³/mol. The van der Waals surface area contributed by atoms with Gasteiger partial charge in [-0.25, -0.2) is 0 Å². The molecular formula is C13H25N3O. The van der Waals surface area contributed by atoms with E-state index in [1.54, 1.807) is 0 Å². The van der Waals surface area contributed by atoms with Crippen molar-refractivity contribution in [2.45, 2.75) is 31.7 Å². The highest BCUT2D eigenvalue weighted by Gasteiger charge is 2.33. The first-order chi connectivity index (χ1) is 8.18. The van der Waals surface area contributed by atoms with E-state index in [0.717, 1.165) is 39.0 Å². The lowest BCUT2D eigenvalue weighted by atomic mass is 9.98. The van der Waals surface area contributed by atoms with Gasteiger partial charge in [0.2, 0.25) is 5.91 Å². The fraction of sp³-hybridized carbons (Fsp3) is 0.923. The van der Waals surface area contributed by atoms with E-state index in [4.69, 9.17) is 0 Å². The molecule has 2 rings (SSSR count). The normalized spacial score (nSPS) is 29.9. The van der Waals surface area contributed by atoms with Crippen LogP contribution in [0.3, 0.4) is 0 Å². The summed E-state index contributed by atoms with van der Waals surface area (Å²) < 4.78 is 0. The lowest BCUT2D eigenvalue weighted by Gasteiger charge is -2.32. The Morgan fingerprint density at radius 2 is 2.18 bits per heavy atom. The first-order valence-electron chi connectivity index (χ1n) is 6.84. The summed E-state index contributed by atoms with van der Waals surface area (Å²) >= 11 is 0. The van der Waals surface area contributed by atoms with Crippen molar-refractivity contribution in [3.8, 4) is 0 Å². The van der Waals surface area contributed by atoms with E-state index < -0.39 is 0 Å². The van der Waals surface area contributed by atoms with Crippen molar-refractivity contribution < 1.29 is 4.79 Å². The van der Waals surface area contributed by atoms with Crippen molar-refractivity contribution in [2.75, 3.05) is 40.3 Å². The zero-order chi connectivity index (χ0) is 12.3. The highest BCUT2D eigenvalue weighted by atomic mass is 16.2. The van der Waals surface area contributed by atoms with E-state index in [1.807, 2.05) is 0 Å². The molecule has 0 aromatic carbocycles. The lowest BCUT2D eigenvalue weighted by Crippen LogP contribution is -2.47. The number of nitrogens with zero attached hydrogens (tertiary/aromatic N) is 2. The monoisotopic (exact) mass is 239 g/mol. The van der Waals surface area contributed by atoms with E-state index in [1.165, 1.54) is 12.8 Å². The SMILES string of the molecule is CN(C)CC1CCCN1C(=O)C1CCCNC1. The van der Waals surface area contributed by atoms with Crippen molar-refractivity contribution in [1.29, 1.82) is 0 Å². The molecule has 1 amide bonds. The second-order valence-electron chi connectivity index (χ2n) is 5.63. The van der Waals surface area contributed by atoms with Gasteiger partial charge in [0.05, 0.1) is 5.92 Å². The van der Waals surface area contributed by atoms with Gasteiger partial charge in [-0.05, 0) is 46.3 Å². The number of hydrogen-bond acceptors (Lipinski definition) is 3. The first kappa shape index (κ1) is 12.8. The fourth-order valence-corrected chi connectivity index (χ4v) is 3.03. The average Bonchev–Trinajstić information content (AvgIpc) is 2.76. The van der Waals surface area contributed by atoms with Crippen molar-refractivity contribution in [1.82, 2.24) is 15.1 Å². The van der Waals surface area contributed by atoms with E-state index >= 15 is 0 Å². The number of rotatable bonds is 3. The van der Waals surface area contributed by atoms with Gasteiger partial charge < -0.3 is 15.1 Å². The van der Waals surface area contributed by atoms with Crippen LogP contribution in [0.5, 0.6) is 0 Å². The van der Waals surface area contributed by atoms with Gasteiger partial charge in [-0.1, -0.05) is 0 Å². The molecule has 98 valence electrons. The molecule has 0 aromatic rings. The Labute approximate surface area is 104 Å². The van der Waals surface area contributed by atoms with E-state index in [9.17, 15) is 4.79 Å². The highest BCUT2D eigenvalue weighted by molar-refractivity contribution is 5.79. The molecule has 2 saturated heterocycles. The number of likely N-dealkylation sites (N-methyl/N-ethyl adjacent to an activating group) is 1. The van der Waals surface area contributed by atoms with Gasteiger partial charge in [0.25, 0.3) is 0 Å². The topological polar surface area (TPSA) is 35.6 Å². The molecule has 4 heteroatoms. The van der Waals surface area contributed by atoms with Gasteiger partial charge in [-0.2, -0.15) is 0 Å². The molecule has 0 bridgehead atoms. The van der Waals surface area contributed by atoms with Crippen LogP contribution in [0.25, 0.3) is 0 Å². The van der Waals surface area contributed by atoms with Crippen molar-refractivity contribution in [3.05, 3.63) is 0 Å². The highest BCUT2D eigenvalue weighted by Crippen LogP contribution is 2.22. The Hall–Kier alpha value is -0.610. The zero-order valence-electron chi connectivity index (χ0n) is 11.1. The van der Waals surface area contributed by atoms with Gasteiger partial charge in [-0.15, -0.1) is 0 Å². The summed E-state index contributed by atoms with van der Waals surface area (Å²) in [6.07, 6.45) is 4.55. The molecule has 0 aliphatic carbocycles. The molecule has 0 spiro atoms. The van der Waals surface area contributed by atoms with Crippen LogP contribution in [0.1, 0.15) is 25.7 Å². The Morgan fingerprint density at radius 1 is 1.35 bits per heavy atom. The summed E-state index contributed by atoms with van der Waals surface area (Å²) in [6.45, 7) is 3.93. The maximum atomic E-state index is 12.5. The van der Waals surface area contributed by atoms with Crippen molar-refractivity contribution in [2.24, 2.45) is 5.92 Å². The molecule has 2 heterocycles. The summed E-state index contributed by atoms with van der Waals surface area (Å²) in [7, 11) is 4.17. The Balaban J connectivity index is 1.92. The number of hydrogen-bond donors (Lipinski definition) is 1. The molecule has 1 N–H and O–H groups in total. The van der Waals surface area contributed by atoms with Crippen molar-refractivity contribution in [3.63, 3.8) is 0 Å². The number of piperidine rings is 1. The number of carbonyl (C=O) groups excluding carboxylic acids is 1. The smallest absolute Gasteiger partial charge is 0.227 e. The average molecular weight is 239 g/mol. The number of carbonyl (C=O) groups is 1. The van der Waals surface area contributed by atoms with E-state index in [2.05, 4.69) is 29.2 Å². The summed E-state index contributed by atoms with van der Waals surface area (Å²) in [6, 6.07) is 0.444. The quantitative estimate of drug-likeness (QED) is 0.781. The second kappa shape index (κ2) is 5.83. The Morgan fingerprint density at radius 3 is 2.82 bits per heavy atom. The van der Waals surface area contributed by atoms with Gasteiger partial charge in [-0.3, -0.25) is 4.79 Å². The minimum Gasteiger partial charge on any atom is -0.338 e. The van der Waals surface area contributed by atoms with Gasteiger partial charge in [0.1, 0.15) is 0 Å². The first-order valence-corrected chi connectivity index (χ1v) is 6.84. The maximum Gasteiger partial charge on any atom is 0.227 e. The maximum absolute atomic E-state index is 12.5. The van der Waals surface area contributed by atoms with Gasteiger partial charge >= 0.3 is 0 Å². The third kappa shape index (κ3) is 3.19. The molecule has 0 saturated carbocycles. The second-order valence-corrected chi connectivity index (χ2v) is 5.63. The summed E-state index contributed by atoms with van der Waals surface area (Å²) in [5.41, 5.74) is 0. The Bertz CT molecular complexity index is 261. The minimum absolute atomic E-state index is 0.228. The number of likely N-dealkylation sites (tertiary alicyclic amines) is 1. The third-order valence-corrected chi connectivity index (χ3v) is 3.88. The van der Waals surface area contributed by atoms with Crippen LogP contribution in [0.2, 0.25) is 0 Å². The molecule has 17 heavy (non-hydrogen) atoms. The molecule has 2 aliphatic rings. The largest absolute Gasteiger partial charge is 0.338 e. The molecule has 4 nitrogen and oxygen atoms in total. The van der Waals surface area contributed by atoms with E-state index in [0.29, 0.717) is 11.9 Å². The van der Waals surface area contributed by atoms with Crippen LogP contribution in [-0.4, -0.2) is 62.0 Å². The summed E-state index contributed by atoms with van der Waals surface area (Å²) in [5.74, 6) is 0.619. The van der Waals surface area contributed by atoms with Crippen LogP contribution >= 0.6 is 0 Å². The molecule has 0 aromatic heterocycles. The van der Waals surface area contributed by atoms with E-state index in [-0.39, 0.29) is 5.92 Å². The van der Waals surface area contributed by atoms with Gasteiger partial charge in [0, 0.05) is 25.7 Å². The van der Waals surface area contributed by atoms with Crippen molar-refractivity contribution >= 4 is 5.91 Å². The third-order valence-electron chi connectivity index (χ3n) is 3.88. The molecule has 2 aliphatic heterocycles. The molecule has 2 atom stereocenters. The van der Waals surface area contributed by atoms with Crippen LogP contribution in [0.15, 0.2) is 0 Å². The summed E-state index contributed by atoms with van der Waals surface area (Å²) in [5, 5.41) is 3.34. The Kier molecular flexibility index (Phi) is 4.40. The lowest BCUT2D eigenvalue weighted by molar-refractivity contribution is -0.137. The number of amides is 1. The number of nitrogens with one attached hydrogen (secondary N) is 1. The minimum atomic E-state index is 0.228. The molecule has 2 fully saturated rings. The standard InChI is InChI=1S/C13H25N3O/c1-15(2)10-12-6-4-8-16(12)13(17)11-5-3-7-14-9-11/h11-12,14H,3-10H2,1-2H3. The summed E-state index contributed by atoms with van der Waals surface area (Å²) in [4.78, 5) is 16.8. The van der Waals surface area contributed by atoms with Crippen LogP contribution in [0.4, 0.5) is 0 Å². The molecule has 0 radical (unpaired) electrons. The molecule has 2 unspecified atom stereocenters. The van der Waals surface area contributed by atoms with Crippen LogP contribution in [0, 0.1) is 5.92 Å². The molecular weight excluding hydrogens is 214 g/mol. The van der Waals surface area contributed by atoms with Crippen LogP contribution in [-0.2, 0) is 4.79 Å². The fourth-order valence-electron chi connectivity index (χ4n) is 3.03.